The molecule has 1 aromatic rings. The van der Waals surface area contributed by atoms with Crippen molar-refractivity contribution in [2.45, 2.75) is 6.92 Å². The minimum Gasteiger partial charge on any atom is -0.241 e. The molecular weight excluding hydrogens is 124 g/mol. The van der Waals surface area contributed by atoms with Crippen LogP contribution in [0.4, 0.5) is 0 Å². The first-order valence-electron chi connectivity index (χ1n) is 2.16. The van der Waals surface area contributed by atoms with Crippen molar-refractivity contribution >= 4 is 11.6 Å². The van der Waals surface area contributed by atoms with E-state index in [1.54, 1.807) is 6.92 Å². The van der Waals surface area contributed by atoms with Crippen molar-refractivity contribution in [3.63, 3.8) is 0 Å². The van der Waals surface area contributed by atoms with Crippen molar-refractivity contribution in [3.8, 4) is 0 Å². The lowest BCUT2D eigenvalue weighted by molar-refractivity contribution is 1.05. The van der Waals surface area contributed by atoms with Crippen LogP contribution in [0.5, 0.6) is 0 Å². The quantitative estimate of drug-likeness (QED) is 0.490. The van der Waals surface area contributed by atoms with Crippen LogP contribution in [0, 0.1) is 13.0 Å². The molecule has 0 saturated carbocycles. The van der Waals surface area contributed by atoms with E-state index in [2.05, 4.69) is 16.0 Å². The minimum absolute atomic E-state index is 0.373. The first-order chi connectivity index (χ1) is 3.79. The van der Waals surface area contributed by atoms with Crippen LogP contribution in [0.3, 0.4) is 0 Å². The van der Waals surface area contributed by atoms with Gasteiger partial charge in [0.2, 0.25) is 0 Å². The second-order valence-corrected chi connectivity index (χ2v) is 1.71. The van der Waals surface area contributed by atoms with E-state index < -0.39 is 0 Å². The van der Waals surface area contributed by atoms with Gasteiger partial charge in [0, 0.05) is 12.3 Å². The number of aromatic nitrogens is 2. The van der Waals surface area contributed by atoms with E-state index in [-0.39, 0.29) is 0 Å². The fourth-order valence-electron chi connectivity index (χ4n) is 0.382. The molecule has 41 valence electrons. The van der Waals surface area contributed by atoms with Crippen molar-refractivity contribution < 1.29 is 0 Å². The van der Waals surface area contributed by atoms with Gasteiger partial charge in [-0.05, 0) is 6.92 Å². The molecule has 8 heavy (non-hydrogen) atoms. The van der Waals surface area contributed by atoms with E-state index in [1.807, 2.05) is 0 Å². The van der Waals surface area contributed by atoms with Crippen molar-refractivity contribution in [1.29, 1.82) is 0 Å². The van der Waals surface area contributed by atoms with Gasteiger partial charge in [0.05, 0.1) is 0 Å². The maximum Gasteiger partial charge on any atom is 0.140 e. The maximum absolute atomic E-state index is 5.44. The molecule has 1 rings (SSSR count). The summed E-state index contributed by atoms with van der Waals surface area (Å²) in [6.07, 6.45) is 1.50. The average molecular weight is 128 g/mol. The number of halogens is 1. The van der Waals surface area contributed by atoms with Crippen LogP contribution in [0.2, 0.25) is 5.15 Å². The molecule has 0 aliphatic carbocycles. The average Bonchev–Trinajstić information content (AvgIpc) is 1.64. The summed E-state index contributed by atoms with van der Waals surface area (Å²) in [6.45, 7) is 1.78. The molecule has 1 heterocycles. The summed E-state index contributed by atoms with van der Waals surface area (Å²) in [6, 6.07) is 2.62. The zero-order valence-electron chi connectivity index (χ0n) is 4.35. The summed E-state index contributed by atoms with van der Waals surface area (Å²) < 4.78 is 0. The van der Waals surface area contributed by atoms with Gasteiger partial charge >= 0.3 is 0 Å². The van der Waals surface area contributed by atoms with E-state index >= 15 is 0 Å². The standard InChI is InChI=1S/C5H4ClN2/c1-4-7-3-2-5(6)8-4/h3H,1H3. The van der Waals surface area contributed by atoms with Gasteiger partial charge in [-0.25, -0.2) is 9.97 Å². The van der Waals surface area contributed by atoms with Crippen LogP contribution in [0.15, 0.2) is 6.20 Å². The third-order valence-corrected chi connectivity index (χ3v) is 0.889. The van der Waals surface area contributed by atoms with Gasteiger partial charge in [-0.1, -0.05) is 11.6 Å². The predicted octanol–water partition coefficient (Wildman–Crippen LogP) is 1.24. The third-order valence-electron chi connectivity index (χ3n) is 0.695. The molecule has 1 aromatic heterocycles. The smallest absolute Gasteiger partial charge is 0.140 e. The summed E-state index contributed by atoms with van der Waals surface area (Å²) in [4.78, 5) is 7.56. The molecule has 3 heteroatoms. The van der Waals surface area contributed by atoms with Gasteiger partial charge in [0.1, 0.15) is 11.0 Å². The largest absolute Gasteiger partial charge is 0.241 e. The predicted molar refractivity (Wildman–Crippen MR) is 30.6 cm³/mol. The van der Waals surface area contributed by atoms with E-state index in [4.69, 9.17) is 11.6 Å². The van der Waals surface area contributed by atoms with E-state index in [0.717, 1.165) is 0 Å². The molecule has 1 radical (unpaired) electrons. The van der Waals surface area contributed by atoms with Crippen LogP contribution in [-0.4, -0.2) is 9.97 Å². The fraction of sp³-hybridized carbons (Fsp3) is 0.200. The second-order valence-electron chi connectivity index (χ2n) is 1.35. The molecule has 0 N–H and O–H groups in total. The van der Waals surface area contributed by atoms with Gasteiger partial charge in [0.25, 0.3) is 0 Å². The summed E-state index contributed by atoms with van der Waals surface area (Å²) in [5.74, 6) is 0.675. The third kappa shape index (κ3) is 1.17. The lowest BCUT2D eigenvalue weighted by Crippen LogP contribution is -1.83. The Morgan fingerprint density at radius 2 is 2.50 bits per heavy atom. The Labute approximate surface area is 52.5 Å². The van der Waals surface area contributed by atoms with Crippen LogP contribution in [-0.2, 0) is 0 Å². The summed E-state index contributed by atoms with van der Waals surface area (Å²) in [5, 5.41) is 0.373. The Bertz CT molecular complexity index is 170. The Morgan fingerprint density at radius 3 is 2.88 bits per heavy atom. The summed E-state index contributed by atoms with van der Waals surface area (Å²) in [7, 11) is 0. The van der Waals surface area contributed by atoms with Gasteiger partial charge in [-0.15, -0.1) is 0 Å². The highest BCUT2D eigenvalue weighted by Gasteiger charge is 1.86. The number of hydrogen-bond acceptors (Lipinski definition) is 2. The van der Waals surface area contributed by atoms with Crippen molar-refractivity contribution in [1.82, 2.24) is 9.97 Å². The molecule has 0 aromatic carbocycles. The molecule has 0 aliphatic rings. The normalized spacial score (nSPS) is 9.25. The molecule has 0 fully saturated rings. The highest BCUT2D eigenvalue weighted by atomic mass is 35.5. The van der Waals surface area contributed by atoms with Gasteiger partial charge in [-0.3, -0.25) is 0 Å². The van der Waals surface area contributed by atoms with Crippen LogP contribution in [0.25, 0.3) is 0 Å². The number of hydrogen-bond donors (Lipinski definition) is 0. The number of rotatable bonds is 0. The van der Waals surface area contributed by atoms with Crippen LogP contribution >= 0.6 is 11.6 Å². The van der Waals surface area contributed by atoms with Crippen molar-refractivity contribution in [3.05, 3.63) is 23.2 Å². The molecule has 0 atom stereocenters. The molecule has 0 saturated heterocycles. The first kappa shape index (κ1) is 5.51. The molecular formula is C5H4ClN2. The van der Waals surface area contributed by atoms with Crippen molar-refractivity contribution in [2.75, 3.05) is 0 Å². The van der Waals surface area contributed by atoms with E-state index in [1.165, 1.54) is 6.20 Å². The molecule has 0 unspecified atom stereocenters. The zero-order chi connectivity index (χ0) is 5.98. The maximum atomic E-state index is 5.44. The first-order valence-corrected chi connectivity index (χ1v) is 2.53. The Hall–Kier alpha value is -0.630. The summed E-state index contributed by atoms with van der Waals surface area (Å²) in [5.41, 5.74) is 0. The zero-order valence-corrected chi connectivity index (χ0v) is 5.11. The monoisotopic (exact) mass is 127 g/mol. The Morgan fingerprint density at radius 1 is 1.75 bits per heavy atom. The Kier molecular flexibility index (Phi) is 1.44. The molecule has 2 nitrogen and oxygen atoms in total. The van der Waals surface area contributed by atoms with Crippen LogP contribution in [0.1, 0.15) is 5.82 Å². The lowest BCUT2D eigenvalue weighted by Gasteiger charge is -1.86. The molecule has 0 bridgehead atoms. The highest BCUT2D eigenvalue weighted by Crippen LogP contribution is 1.98. The minimum atomic E-state index is 0.373. The SMILES string of the molecule is Cc1nc[c]c(Cl)n1. The lowest BCUT2D eigenvalue weighted by atomic mass is 10.6. The summed E-state index contributed by atoms with van der Waals surface area (Å²) >= 11 is 5.44. The fourth-order valence-corrected chi connectivity index (χ4v) is 0.553. The molecule has 0 aliphatic heterocycles. The van der Waals surface area contributed by atoms with E-state index in [0.29, 0.717) is 11.0 Å². The van der Waals surface area contributed by atoms with Crippen molar-refractivity contribution in [2.24, 2.45) is 0 Å². The molecule has 0 spiro atoms. The van der Waals surface area contributed by atoms with Gasteiger partial charge in [0.15, 0.2) is 0 Å². The molecule has 0 amide bonds. The van der Waals surface area contributed by atoms with E-state index in [9.17, 15) is 0 Å². The Balaban J connectivity index is 3.08. The van der Waals surface area contributed by atoms with Gasteiger partial charge in [-0.2, -0.15) is 0 Å². The highest BCUT2D eigenvalue weighted by molar-refractivity contribution is 6.29. The number of nitrogens with zero attached hydrogens (tertiary/aromatic N) is 2. The topological polar surface area (TPSA) is 25.8 Å². The van der Waals surface area contributed by atoms with Gasteiger partial charge < -0.3 is 0 Å². The second kappa shape index (κ2) is 2.09. The van der Waals surface area contributed by atoms with Crippen LogP contribution < -0.4 is 0 Å². The number of aryl methyl sites for hydroxylation is 1.